The molecular formula is C15H22N2O5S. The van der Waals surface area contributed by atoms with E-state index in [1.54, 1.807) is 0 Å². The Morgan fingerprint density at radius 2 is 2.09 bits per heavy atom. The van der Waals surface area contributed by atoms with E-state index in [2.05, 4.69) is 10.0 Å². The van der Waals surface area contributed by atoms with Gasteiger partial charge in [-0.15, -0.1) is 0 Å². The van der Waals surface area contributed by atoms with Crippen molar-refractivity contribution in [3.63, 3.8) is 0 Å². The van der Waals surface area contributed by atoms with Gasteiger partial charge in [0.15, 0.2) is 0 Å². The first-order valence-electron chi connectivity index (χ1n) is 7.51. The summed E-state index contributed by atoms with van der Waals surface area (Å²) in [5.41, 5.74) is 0.416. The Bertz CT molecular complexity index is 609. The molecule has 128 valence electrons. The summed E-state index contributed by atoms with van der Waals surface area (Å²) in [7, 11) is -2.08. The maximum Gasteiger partial charge on any atom is 0.251 e. The molecule has 8 heteroatoms. The number of hydrogen-bond acceptors (Lipinski definition) is 5. The second kappa shape index (κ2) is 8.39. The van der Waals surface area contributed by atoms with E-state index >= 15 is 0 Å². The molecule has 1 atom stereocenters. The number of methoxy groups -OCH3 is 1. The molecule has 1 heterocycles. The standard InChI is InChI=1S/C15H22N2O5S/c1-21-10-8-17-23(19,20)14-6-4-12(5-7-14)15(18)16-11-13-3-2-9-22-13/h4-7,13,17H,2-3,8-11H2,1H3,(H,16,18)/t13-/m0/s1. The third-order valence-electron chi connectivity index (χ3n) is 3.54. The molecule has 0 saturated carbocycles. The third-order valence-corrected chi connectivity index (χ3v) is 5.02. The first kappa shape index (κ1) is 17.9. The van der Waals surface area contributed by atoms with Crippen LogP contribution in [0.15, 0.2) is 29.2 Å². The lowest BCUT2D eigenvalue weighted by Crippen LogP contribution is -2.31. The molecule has 0 unspecified atom stereocenters. The normalized spacial score (nSPS) is 18.0. The summed E-state index contributed by atoms with van der Waals surface area (Å²) < 4.78 is 36.7. The summed E-state index contributed by atoms with van der Waals surface area (Å²) >= 11 is 0. The van der Waals surface area contributed by atoms with E-state index in [0.29, 0.717) is 18.7 Å². The lowest BCUT2D eigenvalue weighted by atomic mass is 10.2. The molecule has 7 nitrogen and oxygen atoms in total. The van der Waals surface area contributed by atoms with Crippen molar-refractivity contribution < 1.29 is 22.7 Å². The molecule has 2 rings (SSSR count). The Morgan fingerprint density at radius 1 is 1.35 bits per heavy atom. The lowest BCUT2D eigenvalue weighted by molar-refractivity contribution is 0.0857. The Morgan fingerprint density at radius 3 is 2.70 bits per heavy atom. The average molecular weight is 342 g/mol. The van der Waals surface area contributed by atoms with Crippen LogP contribution >= 0.6 is 0 Å². The van der Waals surface area contributed by atoms with Crippen LogP contribution < -0.4 is 10.0 Å². The fraction of sp³-hybridized carbons (Fsp3) is 0.533. The van der Waals surface area contributed by atoms with E-state index in [0.717, 1.165) is 19.4 Å². The quantitative estimate of drug-likeness (QED) is 0.672. The summed E-state index contributed by atoms with van der Waals surface area (Å²) in [6, 6.07) is 5.82. The molecule has 0 spiro atoms. The Labute approximate surface area is 136 Å². The molecule has 23 heavy (non-hydrogen) atoms. The molecule has 0 aliphatic carbocycles. The van der Waals surface area contributed by atoms with Gasteiger partial charge in [-0.25, -0.2) is 13.1 Å². The maximum atomic E-state index is 12.0. The van der Waals surface area contributed by atoms with Crippen molar-refractivity contribution in [3.8, 4) is 0 Å². The van der Waals surface area contributed by atoms with Crippen LogP contribution in [0.3, 0.4) is 0 Å². The summed E-state index contributed by atoms with van der Waals surface area (Å²) in [5, 5.41) is 2.80. The van der Waals surface area contributed by atoms with E-state index in [1.807, 2.05) is 0 Å². The molecule has 1 amide bonds. The van der Waals surface area contributed by atoms with Gasteiger partial charge >= 0.3 is 0 Å². The second-order valence-corrected chi connectivity index (χ2v) is 7.03. The summed E-state index contributed by atoms with van der Waals surface area (Å²) in [6.45, 7) is 1.70. The van der Waals surface area contributed by atoms with Crippen molar-refractivity contribution in [3.05, 3.63) is 29.8 Å². The molecule has 0 radical (unpaired) electrons. The van der Waals surface area contributed by atoms with E-state index in [9.17, 15) is 13.2 Å². The van der Waals surface area contributed by atoms with E-state index in [4.69, 9.17) is 9.47 Å². The van der Waals surface area contributed by atoms with E-state index in [1.165, 1.54) is 31.4 Å². The fourth-order valence-electron chi connectivity index (χ4n) is 2.26. The number of carbonyl (C=O) groups is 1. The predicted molar refractivity (Wildman–Crippen MR) is 84.8 cm³/mol. The molecule has 1 aliphatic heterocycles. The summed E-state index contributed by atoms with van der Waals surface area (Å²) in [6.07, 6.45) is 2.04. The Balaban J connectivity index is 1.91. The highest BCUT2D eigenvalue weighted by molar-refractivity contribution is 7.89. The van der Waals surface area contributed by atoms with Crippen LogP contribution in [-0.4, -0.2) is 53.8 Å². The van der Waals surface area contributed by atoms with Gasteiger partial charge in [0.05, 0.1) is 17.6 Å². The zero-order valence-electron chi connectivity index (χ0n) is 13.1. The van der Waals surface area contributed by atoms with E-state index < -0.39 is 10.0 Å². The molecule has 1 aromatic carbocycles. The highest BCUT2D eigenvalue weighted by Crippen LogP contribution is 2.12. The number of rotatable bonds is 8. The number of amides is 1. The minimum absolute atomic E-state index is 0.0728. The molecule has 2 N–H and O–H groups in total. The van der Waals surface area contributed by atoms with Crippen molar-refractivity contribution in [1.82, 2.24) is 10.0 Å². The maximum absolute atomic E-state index is 12.0. The van der Waals surface area contributed by atoms with Gasteiger partial charge in [-0.05, 0) is 37.1 Å². The second-order valence-electron chi connectivity index (χ2n) is 5.26. The first-order chi connectivity index (χ1) is 11.0. The Hall–Kier alpha value is -1.48. The highest BCUT2D eigenvalue weighted by atomic mass is 32.2. The van der Waals surface area contributed by atoms with Gasteiger partial charge in [-0.3, -0.25) is 4.79 Å². The number of carbonyl (C=O) groups excluding carboxylic acids is 1. The smallest absolute Gasteiger partial charge is 0.251 e. The topological polar surface area (TPSA) is 93.7 Å². The van der Waals surface area contributed by atoms with Crippen molar-refractivity contribution in [2.75, 3.05) is 33.4 Å². The van der Waals surface area contributed by atoms with E-state index in [-0.39, 0.29) is 23.5 Å². The van der Waals surface area contributed by atoms with Gasteiger partial charge < -0.3 is 14.8 Å². The third kappa shape index (κ3) is 5.28. The summed E-state index contributed by atoms with van der Waals surface area (Å²) in [4.78, 5) is 12.1. The van der Waals surface area contributed by atoms with Crippen molar-refractivity contribution in [1.29, 1.82) is 0 Å². The predicted octanol–water partition coefficient (Wildman–Crippen LogP) is 0.520. The van der Waals surface area contributed by atoms with Crippen LogP contribution in [0.1, 0.15) is 23.2 Å². The largest absolute Gasteiger partial charge is 0.383 e. The molecule has 1 aliphatic rings. The van der Waals surface area contributed by atoms with Crippen LogP contribution in [0.2, 0.25) is 0 Å². The van der Waals surface area contributed by atoms with Gasteiger partial charge in [-0.2, -0.15) is 0 Å². The van der Waals surface area contributed by atoms with Crippen molar-refractivity contribution in [2.24, 2.45) is 0 Å². The average Bonchev–Trinajstić information content (AvgIpc) is 3.06. The fourth-order valence-corrected chi connectivity index (χ4v) is 3.27. The zero-order chi connectivity index (χ0) is 16.7. The van der Waals surface area contributed by atoms with Crippen LogP contribution in [0.25, 0.3) is 0 Å². The number of ether oxygens (including phenoxy) is 2. The van der Waals surface area contributed by atoms with Crippen LogP contribution in [0, 0.1) is 0 Å². The van der Waals surface area contributed by atoms with Crippen LogP contribution in [0.4, 0.5) is 0 Å². The SMILES string of the molecule is COCCNS(=O)(=O)c1ccc(C(=O)NC[C@@H]2CCCO2)cc1. The van der Waals surface area contributed by atoms with Gasteiger partial charge in [-0.1, -0.05) is 0 Å². The molecule has 1 saturated heterocycles. The highest BCUT2D eigenvalue weighted by Gasteiger charge is 2.17. The molecular weight excluding hydrogens is 320 g/mol. The minimum Gasteiger partial charge on any atom is -0.383 e. The minimum atomic E-state index is -3.58. The molecule has 1 fully saturated rings. The lowest BCUT2D eigenvalue weighted by Gasteiger charge is -2.11. The number of benzene rings is 1. The number of hydrogen-bond donors (Lipinski definition) is 2. The van der Waals surface area contributed by atoms with Gasteiger partial charge in [0, 0.05) is 32.4 Å². The number of sulfonamides is 1. The van der Waals surface area contributed by atoms with Crippen molar-refractivity contribution in [2.45, 2.75) is 23.8 Å². The number of nitrogens with one attached hydrogen (secondary N) is 2. The van der Waals surface area contributed by atoms with Crippen molar-refractivity contribution >= 4 is 15.9 Å². The summed E-state index contributed by atoms with van der Waals surface area (Å²) in [5.74, 6) is -0.239. The van der Waals surface area contributed by atoms with Crippen LogP contribution in [-0.2, 0) is 19.5 Å². The van der Waals surface area contributed by atoms with Gasteiger partial charge in [0.1, 0.15) is 0 Å². The Kier molecular flexibility index (Phi) is 6.52. The molecule has 1 aromatic rings. The van der Waals surface area contributed by atoms with Gasteiger partial charge in [0.2, 0.25) is 10.0 Å². The molecule has 0 aromatic heterocycles. The monoisotopic (exact) mass is 342 g/mol. The van der Waals surface area contributed by atoms with Crippen LogP contribution in [0.5, 0.6) is 0 Å². The molecule has 0 bridgehead atoms. The first-order valence-corrected chi connectivity index (χ1v) is 9.00. The van der Waals surface area contributed by atoms with Gasteiger partial charge in [0.25, 0.3) is 5.91 Å². The zero-order valence-corrected chi connectivity index (χ0v) is 13.9.